The number of halogens is 1. The van der Waals surface area contributed by atoms with Crippen LogP contribution in [0.25, 0.3) is 0 Å². The lowest BCUT2D eigenvalue weighted by Crippen LogP contribution is -2.42. The average molecular weight is 337 g/mol. The number of aliphatic hydroxyl groups excluding tert-OH is 1. The first-order valence-electron chi connectivity index (χ1n) is 8.06. The molecule has 1 aromatic carbocycles. The van der Waals surface area contributed by atoms with Crippen LogP contribution in [0.15, 0.2) is 24.3 Å². The van der Waals surface area contributed by atoms with E-state index in [-0.39, 0.29) is 37.2 Å². The number of hydrogen-bond donors (Lipinski definition) is 1. The molecule has 2 aliphatic rings. The molecule has 2 atom stereocenters. The molecule has 6 heteroatoms. The second kappa shape index (κ2) is 6.99. The Balaban J connectivity index is 1.63. The third kappa shape index (κ3) is 3.57. The summed E-state index contributed by atoms with van der Waals surface area (Å²) >= 11 is 6.30. The van der Waals surface area contributed by atoms with Gasteiger partial charge in [-0.3, -0.25) is 19.4 Å². The molecular weight excluding hydrogens is 316 g/mol. The van der Waals surface area contributed by atoms with Gasteiger partial charge in [0.25, 0.3) is 0 Å². The lowest BCUT2D eigenvalue weighted by molar-refractivity contribution is -0.140. The van der Waals surface area contributed by atoms with Crippen molar-refractivity contribution in [3.05, 3.63) is 34.9 Å². The van der Waals surface area contributed by atoms with Gasteiger partial charge in [0.2, 0.25) is 11.8 Å². The molecule has 2 heterocycles. The van der Waals surface area contributed by atoms with E-state index in [0.29, 0.717) is 6.54 Å². The number of β-amino-alcohol motifs (C(OH)–C–C–N with tert-alkyl or cyclic N) is 1. The largest absolute Gasteiger partial charge is 0.390 e. The molecule has 0 aliphatic carbocycles. The van der Waals surface area contributed by atoms with Crippen molar-refractivity contribution in [3.8, 4) is 0 Å². The minimum absolute atomic E-state index is 0.0867. The third-order valence-corrected chi connectivity index (χ3v) is 4.97. The summed E-state index contributed by atoms with van der Waals surface area (Å²) in [5.41, 5.74) is 1.08. The maximum Gasteiger partial charge on any atom is 0.229 e. The first kappa shape index (κ1) is 16.4. The number of nitrogens with zero attached hydrogens (tertiary/aromatic N) is 2. The van der Waals surface area contributed by atoms with E-state index in [1.807, 2.05) is 24.3 Å². The zero-order valence-corrected chi connectivity index (χ0v) is 13.7. The molecule has 0 radical (unpaired) electrons. The van der Waals surface area contributed by atoms with E-state index >= 15 is 0 Å². The van der Waals surface area contributed by atoms with Crippen LogP contribution < -0.4 is 0 Å². The number of carbonyl (C=O) groups is 2. The smallest absolute Gasteiger partial charge is 0.229 e. The number of aliphatic hydroxyl groups is 1. The zero-order valence-electron chi connectivity index (χ0n) is 12.9. The van der Waals surface area contributed by atoms with Crippen molar-refractivity contribution < 1.29 is 14.7 Å². The highest BCUT2D eigenvalue weighted by molar-refractivity contribution is 6.31. The molecule has 0 saturated carbocycles. The van der Waals surface area contributed by atoms with Gasteiger partial charge in [-0.25, -0.2) is 0 Å². The van der Waals surface area contributed by atoms with Crippen LogP contribution in [0.5, 0.6) is 0 Å². The Morgan fingerprint density at radius 2 is 1.87 bits per heavy atom. The van der Waals surface area contributed by atoms with Crippen molar-refractivity contribution in [2.24, 2.45) is 0 Å². The molecule has 23 heavy (non-hydrogen) atoms. The Bertz CT molecular complexity index is 591. The summed E-state index contributed by atoms with van der Waals surface area (Å²) in [6, 6.07) is 7.96. The Morgan fingerprint density at radius 1 is 1.17 bits per heavy atom. The topological polar surface area (TPSA) is 60.9 Å². The highest BCUT2D eigenvalue weighted by Crippen LogP contribution is 2.35. The standard InChI is InChI=1S/C17H21ClN2O3/c18-14-5-2-1-4-13(14)15-6-3-9-19(15)10-12(21)11-20-16(22)7-8-17(20)23/h1-2,4-5,12,15,21H,3,6-11H2/t12-,15-/m1/s1. The predicted octanol–water partition coefficient (Wildman–Crippen LogP) is 1.99. The maximum absolute atomic E-state index is 11.7. The minimum atomic E-state index is -0.732. The highest BCUT2D eigenvalue weighted by atomic mass is 35.5. The van der Waals surface area contributed by atoms with E-state index in [0.717, 1.165) is 30.0 Å². The SMILES string of the molecule is O=C1CCC(=O)N1C[C@H](O)CN1CCC[C@@H]1c1ccccc1Cl. The van der Waals surface area contributed by atoms with E-state index in [1.165, 1.54) is 4.90 Å². The molecule has 0 bridgehead atoms. The summed E-state index contributed by atoms with van der Waals surface area (Å²) in [5.74, 6) is -0.365. The van der Waals surface area contributed by atoms with Gasteiger partial charge >= 0.3 is 0 Å². The van der Waals surface area contributed by atoms with Crippen molar-refractivity contribution in [3.63, 3.8) is 0 Å². The van der Waals surface area contributed by atoms with Gasteiger partial charge in [-0.15, -0.1) is 0 Å². The van der Waals surface area contributed by atoms with E-state index in [4.69, 9.17) is 11.6 Å². The van der Waals surface area contributed by atoms with E-state index in [2.05, 4.69) is 4.90 Å². The fraction of sp³-hybridized carbons (Fsp3) is 0.529. The summed E-state index contributed by atoms with van der Waals surface area (Å²) in [5, 5.41) is 11.1. The van der Waals surface area contributed by atoms with Gasteiger partial charge in [0.05, 0.1) is 12.6 Å². The molecular formula is C17H21ClN2O3. The van der Waals surface area contributed by atoms with E-state index in [9.17, 15) is 14.7 Å². The number of rotatable bonds is 5. The summed E-state index contributed by atoms with van der Waals surface area (Å²) < 4.78 is 0. The number of likely N-dealkylation sites (tertiary alicyclic amines) is 2. The third-order valence-electron chi connectivity index (χ3n) is 4.62. The molecule has 0 aromatic heterocycles. The number of imide groups is 1. The second-order valence-electron chi connectivity index (χ2n) is 6.23. The molecule has 2 aliphatic heterocycles. The fourth-order valence-electron chi connectivity index (χ4n) is 3.51. The summed E-state index contributed by atoms with van der Waals surface area (Å²) in [6.07, 6.45) is 1.83. The van der Waals surface area contributed by atoms with Gasteiger partial charge in [-0.1, -0.05) is 29.8 Å². The second-order valence-corrected chi connectivity index (χ2v) is 6.63. The number of benzene rings is 1. The quantitative estimate of drug-likeness (QED) is 0.835. The van der Waals surface area contributed by atoms with Crippen molar-refractivity contribution in [1.29, 1.82) is 0 Å². The molecule has 0 spiro atoms. The molecule has 124 valence electrons. The minimum Gasteiger partial charge on any atom is -0.390 e. The van der Waals surface area contributed by atoms with Crippen molar-refractivity contribution in [2.75, 3.05) is 19.6 Å². The average Bonchev–Trinajstić information content (AvgIpc) is 3.09. The van der Waals surface area contributed by atoms with Crippen molar-refractivity contribution >= 4 is 23.4 Å². The van der Waals surface area contributed by atoms with Gasteiger partial charge in [0.1, 0.15) is 0 Å². The molecule has 1 N–H and O–H groups in total. The first-order chi connectivity index (χ1) is 11.1. The van der Waals surface area contributed by atoms with E-state index in [1.54, 1.807) is 0 Å². The molecule has 0 unspecified atom stereocenters. The van der Waals surface area contributed by atoms with Crippen molar-refractivity contribution in [2.45, 2.75) is 37.8 Å². The van der Waals surface area contributed by atoms with E-state index < -0.39 is 6.10 Å². The summed E-state index contributed by atoms with van der Waals surface area (Å²) in [4.78, 5) is 26.7. The Morgan fingerprint density at radius 3 is 2.57 bits per heavy atom. The van der Waals surface area contributed by atoms with Crippen LogP contribution in [-0.4, -0.2) is 52.5 Å². The Kier molecular flexibility index (Phi) is 4.99. The molecule has 2 saturated heterocycles. The van der Waals surface area contributed by atoms with Gasteiger partial charge in [0, 0.05) is 30.5 Å². The Hall–Kier alpha value is -1.43. The van der Waals surface area contributed by atoms with Crippen molar-refractivity contribution in [1.82, 2.24) is 9.80 Å². The highest BCUT2D eigenvalue weighted by Gasteiger charge is 2.33. The molecule has 3 rings (SSSR count). The maximum atomic E-state index is 11.7. The van der Waals surface area contributed by atoms with Crippen LogP contribution in [0.4, 0.5) is 0 Å². The van der Waals surface area contributed by atoms with Gasteiger partial charge < -0.3 is 5.11 Å². The fourth-order valence-corrected chi connectivity index (χ4v) is 3.77. The van der Waals surface area contributed by atoms with Crippen LogP contribution >= 0.6 is 11.6 Å². The van der Waals surface area contributed by atoms with Gasteiger partial charge in [-0.05, 0) is 31.0 Å². The lowest BCUT2D eigenvalue weighted by Gasteiger charge is -2.29. The van der Waals surface area contributed by atoms with Crippen LogP contribution in [0, 0.1) is 0 Å². The molecule has 2 amide bonds. The number of amides is 2. The van der Waals surface area contributed by atoms with Crippen LogP contribution in [0.3, 0.4) is 0 Å². The molecule has 2 fully saturated rings. The molecule has 1 aromatic rings. The Labute approximate surface area is 140 Å². The van der Waals surface area contributed by atoms with Crippen LogP contribution in [0.1, 0.15) is 37.3 Å². The van der Waals surface area contributed by atoms with Gasteiger partial charge in [-0.2, -0.15) is 0 Å². The zero-order chi connectivity index (χ0) is 16.4. The monoisotopic (exact) mass is 336 g/mol. The van der Waals surface area contributed by atoms with Crippen LogP contribution in [0.2, 0.25) is 5.02 Å². The predicted molar refractivity (Wildman–Crippen MR) is 87.0 cm³/mol. The normalized spacial score (nSPS) is 23.7. The first-order valence-corrected chi connectivity index (χ1v) is 8.44. The molecule has 5 nitrogen and oxygen atoms in total. The number of hydrogen-bond acceptors (Lipinski definition) is 4. The van der Waals surface area contributed by atoms with Gasteiger partial charge in [0.15, 0.2) is 0 Å². The summed E-state index contributed by atoms with van der Waals surface area (Å²) in [7, 11) is 0. The lowest BCUT2D eigenvalue weighted by atomic mass is 10.0. The van der Waals surface area contributed by atoms with Crippen LogP contribution in [-0.2, 0) is 9.59 Å². The summed E-state index contributed by atoms with van der Waals surface area (Å²) in [6.45, 7) is 1.41. The number of carbonyl (C=O) groups excluding carboxylic acids is 2.